The molecule has 7 heteroatoms. The van der Waals surface area contributed by atoms with E-state index in [4.69, 9.17) is 9.47 Å². The summed E-state index contributed by atoms with van der Waals surface area (Å²) in [7, 11) is 0. The monoisotopic (exact) mass is 330 g/mol. The minimum absolute atomic E-state index is 0.210. The quantitative estimate of drug-likeness (QED) is 0.846. The Morgan fingerprint density at radius 2 is 1.79 bits per heavy atom. The number of hydrogen-bond acceptors (Lipinski definition) is 5. The van der Waals surface area contributed by atoms with E-state index in [-0.39, 0.29) is 11.9 Å². The second-order valence-corrected chi connectivity index (χ2v) is 5.06. The molecule has 1 heterocycles. The van der Waals surface area contributed by atoms with Crippen LogP contribution in [0.25, 0.3) is 0 Å². The smallest absolute Gasteiger partial charge is 0.323 e. The standard InChI is InChI=1S/C17H22N4O3/c1-5-23-15-14(10-18-17(21-15)24-6-2)20-16(22)19-13-9-7-8-11(3)12(13)4/h7-10H,5-6H2,1-4H3,(H2,19,20,22). The maximum atomic E-state index is 12.2. The maximum Gasteiger partial charge on any atom is 0.323 e. The Hall–Kier alpha value is -2.83. The average molecular weight is 330 g/mol. The van der Waals surface area contributed by atoms with Crippen LogP contribution in [0.15, 0.2) is 24.4 Å². The molecule has 7 nitrogen and oxygen atoms in total. The first-order valence-electron chi connectivity index (χ1n) is 7.82. The van der Waals surface area contributed by atoms with Crippen molar-refractivity contribution in [1.29, 1.82) is 0 Å². The van der Waals surface area contributed by atoms with Crippen molar-refractivity contribution < 1.29 is 14.3 Å². The number of amides is 2. The van der Waals surface area contributed by atoms with Gasteiger partial charge >= 0.3 is 12.0 Å². The van der Waals surface area contributed by atoms with E-state index < -0.39 is 6.03 Å². The zero-order chi connectivity index (χ0) is 17.5. The third-order valence-electron chi connectivity index (χ3n) is 3.39. The summed E-state index contributed by atoms with van der Waals surface area (Å²) < 4.78 is 10.7. The zero-order valence-electron chi connectivity index (χ0n) is 14.3. The Bertz CT molecular complexity index is 719. The Balaban J connectivity index is 2.14. The van der Waals surface area contributed by atoms with Gasteiger partial charge in [-0.2, -0.15) is 4.98 Å². The molecule has 0 saturated heterocycles. The van der Waals surface area contributed by atoms with Gasteiger partial charge in [0.05, 0.1) is 19.4 Å². The number of rotatable bonds is 6. The van der Waals surface area contributed by atoms with Gasteiger partial charge in [-0.3, -0.25) is 0 Å². The molecule has 0 radical (unpaired) electrons. The summed E-state index contributed by atoms with van der Waals surface area (Å²) in [5.41, 5.74) is 3.24. The fourth-order valence-corrected chi connectivity index (χ4v) is 2.04. The number of aryl methyl sites for hydroxylation is 1. The minimum Gasteiger partial charge on any atom is -0.476 e. The molecule has 0 spiro atoms. The van der Waals surface area contributed by atoms with Crippen molar-refractivity contribution in [3.63, 3.8) is 0 Å². The van der Waals surface area contributed by atoms with Crippen LogP contribution in [0, 0.1) is 13.8 Å². The van der Waals surface area contributed by atoms with Crippen LogP contribution in [0.3, 0.4) is 0 Å². The van der Waals surface area contributed by atoms with Crippen molar-refractivity contribution >= 4 is 17.4 Å². The molecule has 0 bridgehead atoms. The van der Waals surface area contributed by atoms with Crippen LogP contribution in [-0.4, -0.2) is 29.2 Å². The number of ether oxygens (including phenoxy) is 2. The Morgan fingerprint density at radius 1 is 1.08 bits per heavy atom. The van der Waals surface area contributed by atoms with E-state index in [0.717, 1.165) is 16.8 Å². The molecule has 2 aromatic rings. The maximum absolute atomic E-state index is 12.2. The molecule has 24 heavy (non-hydrogen) atoms. The Labute approximate surface area is 141 Å². The van der Waals surface area contributed by atoms with E-state index in [9.17, 15) is 4.79 Å². The predicted octanol–water partition coefficient (Wildman–Crippen LogP) is 3.53. The van der Waals surface area contributed by atoms with Gasteiger partial charge in [-0.15, -0.1) is 0 Å². The lowest BCUT2D eigenvalue weighted by molar-refractivity contribution is 0.261. The van der Waals surface area contributed by atoms with Gasteiger partial charge in [0, 0.05) is 5.69 Å². The topological polar surface area (TPSA) is 85.4 Å². The van der Waals surface area contributed by atoms with Crippen LogP contribution in [0.5, 0.6) is 11.9 Å². The molecular formula is C17H22N4O3. The second kappa shape index (κ2) is 8.14. The van der Waals surface area contributed by atoms with E-state index in [1.807, 2.05) is 45.9 Å². The summed E-state index contributed by atoms with van der Waals surface area (Å²) in [5.74, 6) is 0.270. The highest BCUT2D eigenvalue weighted by atomic mass is 16.5. The van der Waals surface area contributed by atoms with Crippen molar-refractivity contribution in [3.05, 3.63) is 35.5 Å². The van der Waals surface area contributed by atoms with Gasteiger partial charge in [0.15, 0.2) is 0 Å². The van der Waals surface area contributed by atoms with E-state index in [1.54, 1.807) is 0 Å². The van der Waals surface area contributed by atoms with Crippen LogP contribution in [0.4, 0.5) is 16.2 Å². The van der Waals surface area contributed by atoms with E-state index in [0.29, 0.717) is 18.9 Å². The second-order valence-electron chi connectivity index (χ2n) is 5.06. The van der Waals surface area contributed by atoms with E-state index in [1.165, 1.54) is 6.20 Å². The first-order valence-corrected chi connectivity index (χ1v) is 7.82. The molecule has 0 atom stereocenters. The van der Waals surface area contributed by atoms with E-state index >= 15 is 0 Å². The molecule has 2 N–H and O–H groups in total. The molecule has 0 aliphatic heterocycles. The van der Waals surface area contributed by atoms with Crippen LogP contribution in [-0.2, 0) is 0 Å². The average Bonchev–Trinajstić information content (AvgIpc) is 2.55. The van der Waals surface area contributed by atoms with Crippen LogP contribution < -0.4 is 20.1 Å². The zero-order valence-corrected chi connectivity index (χ0v) is 14.3. The number of aromatic nitrogens is 2. The van der Waals surface area contributed by atoms with Gasteiger partial charge in [0.2, 0.25) is 5.88 Å². The highest BCUT2D eigenvalue weighted by Gasteiger charge is 2.13. The Morgan fingerprint density at radius 3 is 2.50 bits per heavy atom. The number of nitrogens with zero attached hydrogens (tertiary/aromatic N) is 2. The van der Waals surface area contributed by atoms with Crippen LogP contribution in [0.2, 0.25) is 0 Å². The van der Waals surface area contributed by atoms with E-state index in [2.05, 4.69) is 20.6 Å². The van der Waals surface area contributed by atoms with Crippen molar-refractivity contribution in [3.8, 4) is 11.9 Å². The normalized spacial score (nSPS) is 10.2. The summed E-state index contributed by atoms with van der Waals surface area (Å²) >= 11 is 0. The van der Waals surface area contributed by atoms with Crippen molar-refractivity contribution in [2.75, 3.05) is 23.8 Å². The predicted molar refractivity (Wildman–Crippen MR) is 92.9 cm³/mol. The van der Waals surface area contributed by atoms with Gasteiger partial charge in [-0.05, 0) is 44.9 Å². The Kier molecular flexibility index (Phi) is 5.95. The number of carbonyl (C=O) groups excluding carboxylic acids is 1. The molecular weight excluding hydrogens is 308 g/mol. The van der Waals surface area contributed by atoms with Crippen molar-refractivity contribution in [1.82, 2.24) is 9.97 Å². The lowest BCUT2D eigenvalue weighted by Crippen LogP contribution is -2.21. The molecule has 0 unspecified atom stereocenters. The summed E-state index contributed by atoms with van der Waals surface area (Å²) in [4.78, 5) is 20.4. The fourth-order valence-electron chi connectivity index (χ4n) is 2.04. The fraction of sp³-hybridized carbons (Fsp3) is 0.353. The molecule has 0 aliphatic carbocycles. The van der Waals surface area contributed by atoms with Crippen molar-refractivity contribution in [2.24, 2.45) is 0 Å². The molecule has 0 saturated carbocycles. The lowest BCUT2D eigenvalue weighted by Gasteiger charge is -2.13. The number of hydrogen-bond donors (Lipinski definition) is 2. The number of anilines is 2. The van der Waals surface area contributed by atoms with Gasteiger partial charge in [0.25, 0.3) is 0 Å². The number of nitrogens with one attached hydrogen (secondary N) is 2. The largest absolute Gasteiger partial charge is 0.476 e. The van der Waals surface area contributed by atoms with Crippen molar-refractivity contribution in [2.45, 2.75) is 27.7 Å². The highest BCUT2D eigenvalue weighted by Crippen LogP contribution is 2.24. The lowest BCUT2D eigenvalue weighted by atomic mass is 10.1. The van der Waals surface area contributed by atoms with Gasteiger partial charge in [0.1, 0.15) is 5.69 Å². The first kappa shape index (κ1) is 17.5. The van der Waals surface area contributed by atoms with Gasteiger partial charge < -0.3 is 20.1 Å². The molecule has 0 aliphatic rings. The van der Waals surface area contributed by atoms with Crippen LogP contribution in [0.1, 0.15) is 25.0 Å². The summed E-state index contributed by atoms with van der Waals surface area (Å²) in [6, 6.07) is 5.55. The summed E-state index contributed by atoms with van der Waals surface area (Å²) in [6.45, 7) is 8.49. The molecule has 2 rings (SSSR count). The van der Waals surface area contributed by atoms with Gasteiger partial charge in [-0.1, -0.05) is 12.1 Å². The number of benzene rings is 1. The highest BCUT2D eigenvalue weighted by molar-refractivity contribution is 6.00. The summed E-state index contributed by atoms with van der Waals surface area (Å²) in [5, 5.41) is 5.52. The molecule has 1 aromatic carbocycles. The first-order chi connectivity index (χ1) is 11.5. The molecule has 128 valence electrons. The number of carbonyl (C=O) groups is 1. The molecule has 0 fully saturated rings. The third-order valence-corrected chi connectivity index (χ3v) is 3.39. The number of urea groups is 1. The molecule has 1 aromatic heterocycles. The minimum atomic E-state index is -0.391. The third kappa shape index (κ3) is 4.34. The summed E-state index contributed by atoms with van der Waals surface area (Å²) in [6.07, 6.45) is 1.46. The van der Waals surface area contributed by atoms with Gasteiger partial charge in [-0.25, -0.2) is 9.78 Å². The SMILES string of the molecule is CCOc1ncc(NC(=O)Nc2cccc(C)c2C)c(OCC)n1. The molecule has 2 amide bonds. The van der Waals surface area contributed by atoms with Crippen LogP contribution >= 0.6 is 0 Å².